The number of ketones is 1. The fraction of sp³-hybridized carbons (Fsp3) is 0.875. The van der Waals surface area contributed by atoms with Gasteiger partial charge in [0, 0.05) is 11.8 Å². The lowest BCUT2D eigenvalue weighted by Crippen LogP contribution is -2.66. The van der Waals surface area contributed by atoms with Crippen LogP contribution in [0.25, 0.3) is 0 Å². The molecule has 5 heteroatoms. The quantitative estimate of drug-likeness (QED) is 0.199. The first-order valence-corrected chi connectivity index (χ1v) is 18.2. The van der Waals surface area contributed by atoms with Crippen molar-refractivity contribution in [2.75, 3.05) is 7.11 Å². The molecule has 5 nitrogen and oxygen atoms in total. The van der Waals surface area contributed by atoms with E-state index >= 15 is 0 Å². The summed E-state index contributed by atoms with van der Waals surface area (Å²) in [6.45, 7) is 25.1. The first-order valence-electron chi connectivity index (χ1n) is 18.2. The summed E-state index contributed by atoms with van der Waals surface area (Å²) >= 11 is 0. The predicted octanol–water partition coefficient (Wildman–Crippen LogP) is 9.51. The van der Waals surface area contributed by atoms with Crippen LogP contribution in [0.5, 0.6) is 0 Å². The van der Waals surface area contributed by atoms with Gasteiger partial charge in [0.2, 0.25) is 0 Å². The molecule has 0 spiro atoms. The van der Waals surface area contributed by atoms with Crippen molar-refractivity contribution in [3.05, 3.63) is 12.2 Å². The van der Waals surface area contributed by atoms with Gasteiger partial charge in [0.25, 0.3) is 0 Å². The lowest BCUT2D eigenvalue weighted by atomic mass is 9.32. The highest BCUT2D eigenvalue weighted by atomic mass is 16.5. The minimum Gasteiger partial charge on any atom is -0.469 e. The van der Waals surface area contributed by atoms with Gasteiger partial charge in [-0.15, -0.1) is 0 Å². The van der Waals surface area contributed by atoms with Crippen molar-refractivity contribution in [3.8, 4) is 0 Å². The fourth-order valence-corrected chi connectivity index (χ4v) is 13.4. The third-order valence-electron chi connectivity index (χ3n) is 15.5. The number of allylic oxidation sites excluding steroid dienone is 1. The second kappa shape index (κ2) is 11.5. The second-order valence-electron chi connectivity index (χ2n) is 18.9. The Kier molecular flexibility index (Phi) is 8.86. The Balaban J connectivity index is 1.38. The monoisotopic (exact) mass is 624 g/mol. The summed E-state index contributed by atoms with van der Waals surface area (Å²) in [5.74, 6) is 2.79. The zero-order valence-electron chi connectivity index (χ0n) is 30.4. The van der Waals surface area contributed by atoms with Gasteiger partial charge in [0.05, 0.1) is 20.0 Å². The number of ether oxygens (including phenoxy) is 2. The Bertz CT molecular complexity index is 1210. The first-order chi connectivity index (χ1) is 20.8. The molecule has 5 rings (SSSR count). The summed E-state index contributed by atoms with van der Waals surface area (Å²) in [6, 6.07) is 0. The van der Waals surface area contributed by atoms with Gasteiger partial charge in [0.15, 0.2) is 0 Å². The first kappa shape index (κ1) is 34.7. The maximum Gasteiger partial charge on any atom is 0.306 e. The van der Waals surface area contributed by atoms with Crippen LogP contribution in [0.3, 0.4) is 0 Å². The minimum absolute atomic E-state index is 0.107. The molecule has 0 aromatic carbocycles. The molecule has 5 aliphatic rings. The molecule has 0 aliphatic heterocycles. The Morgan fingerprint density at radius 2 is 1.44 bits per heavy atom. The third kappa shape index (κ3) is 5.46. The molecule has 5 aliphatic carbocycles. The van der Waals surface area contributed by atoms with Gasteiger partial charge in [-0.3, -0.25) is 9.59 Å². The molecular weight excluding hydrogens is 560 g/mol. The molecule has 0 amide bonds. The lowest BCUT2D eigenvalue weighted by Gasteiger charge is -2.73. The van der Waals surface area contributed by atoms with Gasteiger partial charge in [-0.05, 0) is 135 Å². The average molecular weight is 625 g/mol. The molecule has 45 heavy (non-hydrogen) atoms. The Morgan fingerprint density at radius 3 is 2.07 bits per heavy atom. The van der Waals surface area contributed by atoms with E-state index < -0.39 is 5.41 Å². The van der Waals surface area contributed by atoms with Gasteiger partial charge >= 0.3 is 11.9 Å². The SMILES string of the molecule is C=C(C)[C@@H]1CC[C@]2(CC(C)=O)CC[C@]3(C)C(CCC4[C@@]5(C)CC[C@H](OC(=O)CC(C)(C)CC(=O)OC)C(C)(C)C5CC[C@]43C)C12. The van der Waals surface area contributed by atoms with E-state index in [0.717, 1.165) is 19.3 Å². The van der Waals surface area contributed by atoms with Crippen LogP contribution in [0.2, 0.25) is 0 Å². The van der Waals surface area contributed by atoms with Crippen molar-refractivity contribution in [2.45, 2.75) is 152 Å². The summed E-state index contributed by atoms with van der Waals surface area (Å²) in [5.41, 5.74) is 1.60. The Labute approximate surface area is 274 Å². The number of carbonyl (C=O) groups excluding carboxylic acids is 3. The maximum absolute atomic E-state index is 13.3. The predicted molar refractivity (Wildman–Crippen MR) is 179 cm³/mol. The molecule has 5 saturated carbocycles. The van der Waals surface area contributed by atoms with E-state index in [1.165, 1.54) is 64.0 Å². The summed E-state index contributed by atoms with van der Waals surface area (Å²) in [5, 5.41) is 0. The van der Waals surface area contributed by atoms with Crippen LogP contribution in [-0.4, -0.2) is 30.9 Å². The fourth-order valence-electron chi connectivity index (χ4n) is 13.4. The summed E-state index contributed by atoms with van der Waals surface area (Å²) in [7, 11) is 1.39. The van der Waals surface area contributed by atoms with Gasteiger partial charge in [-0.1, -0.05) is 60.6 Å². The minimum atomic E-state index is -0.497. The number of methoxy groups -OCH3 is 1. The molecule has 0 aromatic heterocycles. The van der Waals surface area contributed by atoms with E-state index in [4.69, 9.17) is 9.47 Å². The molecule has 0 N–H and O–H groups in total. The number of hydrogen-bond donors (Lipinski definition) is 0. The molecule has 254 valence electrons. The molecule has 0 bridgehead atoms. The second-order valence-corrected chi connectivity index (χ2v) is 18.9. The van der Waals surface area contributed by atoms with Crippen LogP contribution in [0, 0.1) is 62.1 Å². The van der Waals surface area contributed by atoms with E-state index in [0.29, 0.717) is 35.4 Å². The summed E-state index contributed by atoms with van der Waals surface area (Å²) < 4.78 is 11.2. The van der Waals surface area contributed by atoms with Crippen LogP contribution in [-0.2, 0) is 23.9 Å². The zero-order chi connectivity index (χ0) is 33.4. The summed E-state index contributed by atoms with van der Waals surface area (Å²) in [4.78, 5) is 37.8. The van der Waals surface area contributed by atoms with Gasteiger partial charge in [0.1, 0.15) is 11.9 Å². The van der Waals surface area contributed by atoms with E-state index in [2.05, 4.69) is 48.1 Å². The van der Waals surface area contributed by atoms with Crippen molar-refractivity contribution < 1.29 is 23.9 Å². The maximum atomic E-state index is 13.3. The van der Waals surface area contributed by atoms with Gasteiger partial charge < -0.3 is 14.3 Å². The number of fused-ring (bicyclic) bond motifs is 7. The van der Waals surface area contributed by atoms with Crippen molar-refractivity contribution in [2.24, 2.45) is 62.1 Å². The van der Waals surface area contributed by atoms with E-state index in [1.54, 1.807) is 0 Å². The number of Topliss-reactive ketones (excluding diaryl/α,β-unsaturated/α-hetero) is 1. The molecule has 0 radical (unpaired) electrons. The van der Waals surface area contributed by atoms with Crippen molar-refractivity contribution in [1.29, 1.82) is 0 Å². The van der Waals surface area contributed by atoms with E-state index in [1.807, 2.05) is 20.8 Å². The van der Waals surface area contributed by atoms with Gasteiger partial charge in [-0.2, -0.15) is 0 Å². The normalized spacial score (nSPS) is 43.6. The topological polar surface area (TPSA) is 69.7 Å². The molecule has 0 heterocycles. The molecule has 0 aromatic rings. The van der Waals surface area contributed by atoms with Crippen LogP contribution in [0.15, 0.2) is 12.2 Å². The van der Waals surface area contributed by atoms with Crippen LogP contribution < -0.4 is 0 Å². The van der Waals surface area contributed by atoms with Crippen molar-refractivity contribution in [3.63, 3.8) is 0 Å². The third-order valence-corrected chi connectivity index (χ3v) is 15.5. The Hall–Kier alpha value is -1.65. The summed E-state index contributed by atoms with van der Waals surface area (Å²) in [6.07, 6.45) is 12.8. The average Bonchev–Trinajstić information content (AvgIpc) is 3.29. The molecule has 0 saturated heterocycles. The number of hydrogen-bond acceptors (Lipinski definition) is 5. The number of carbonyl (C=O) groups is 3. The highest BCUT2D eigenvalue weighted by Gasteiger charge is 2.71. The molecule has 5 fully saturated rings. The highest BCUT2D eigenvalue weighted by molar-refractivity contribution is 5.76. The van der Waals surface area contributed by atoms with Crippen LogP contribution in [0.1, 0.15) is 146 Å². The molecule has 4 unspecified atom stereocenters. The lowest BCUT2D eigenvalue weighted by molar-refractivity contribution is -0.250. The van der Waals surface area contributed by atoms with Crippen LogP contribution in [0.4, 0.5) is 0 Å². The number of rotatable bonds is 8. The van der Waals surface area contributed by atoms with Crippen LogP contribution >= 0.6 is 0 Å². The van der Waals surface area contributed by atoms with E-state index in [9.17, 15) is 14.4 Å². The molecule has 10 atom stereocenters. The van der Waals surface area contributed by atoms with E-state index in [-0.39, 0.29) is 58.0 Å². The highest BCUT2D eigenvalue weighted by Crippen LogP contribution is 2.78. The standard InChI is InChI=1S/C40H64O5/c1-25(2)27-14-19-40(22-26(3)41)21-20-38(9)28(34(27)40)12-13-30-37(8)17-16-31(36(6,7)29(37)15-18-39(30,38)10)45-33(43)24-35(4,5)23-32(42)44-11/h27-31,34H,1,12-24H2,2-11H3/t27-,28?,29?,30?,31-,34?,37-,38+,39+,40+/m0/s1. The molecular formula is C40H64O5. The van der Waals surface area contributed by atoms with Crippen molar-refractivity contribution >= 4 is 17.7 Å². The smallest absolute Gasteiger partial charge is 0.306 e. The zero-order valence-corrected chi connectivity index (χ0v) is 30.4. The number of esters is 2. The Morgan fingerprint density at radius 1 is 0.778 bits per heavy atom. The van der Waals surface area contributed by atoms with Gasteiger partial charge in [-0.25, -0.2) is 0 Å². The van der Waals surface area contributed by atoms with Crippen molar-refractivity contribution in [1.82, 2.24) is 0 Å². The largest absolute Gasteiger partial charge is 0.469 e.